The van der Waals surface area contributed by atoms with Gasteiger partial charge in [0, 0.05) is 5.56 Å². The minimum absolute atomic E-state index is 0.607. The fraction of sp³-hybridized carbons (Fsp3) is 0.100. The lowest BCUT2D eigenvalue weighted by Crippen LogP contribution is -1.88. The maximum Gasteiger partial charge on any atom is 0.0894 e. The molecule has 1 heterocycles. The Kier molecular flexibility index (Phi) is 2.17. The number of H-pyrrole nitrogens is 1. The van der Waals surface area contributed by atoms with Gasteiger partial charge in [-0.05, 0) is 18.6 Å². The van der Waals surface area contributed by atoms with Gasteiger partial charge >= 0.3 is 0 Å². The van der Waals surface area contributed by atoms with Crippen LogP contribution in [0.15, 0.2) is 24.4 Å². The molecular weight excluding hydrogens is 198 g/mol. The number of halogens is 1. The molecule has 1 aromatic heterocycles. The summed E-state index contributed by atoms with van der Waals surface area (Å²) in [7, 11) is 0. The summed E-state index contributed by atoms with van der Waals surface area (Å²) in [6.07, 6.45) is 1.57. The van der Waals surface area contributed by atoms with Crippen LogP contribution in [-0.2, 0) is 0 Å². The van der Waals surface area contributed by atoms with E-state index in [1.54, 1.807) is 6.20 Å². The van der Waals surface area contributed by atoms with E-state index in [1.807, 2.05) is 25.1 Å². The highest BCUT2D eigenvalue weighted by molar-refractivity contribution is 6.33. The van der Waals surface area contributed by atoms with Crippen molar-refractivity contribution in [1.29, 1.82) is 0 Å². The van der Waals surface area contributed by atoms with Gasteiger partial charge in [-0.3, -0.25) is 5.10 Å². The average Bonchev–Trinajstić information content (AvgIpc) is 2.52. The topological polar surface area (TPSA) is 54.7 Å². The first-order valence-corrected chi connectivity index (χ1v) is 4.61. The van der Waals surface area contributed by atoms with Gasteiger partial charge in [0.15, 0.2) is 0 Å². The van der Waals surface area contributed by atoms with Gasteiger partial charge in [0.2, 0.25) is 0 Å². The molecule has 0 amide bonds. The summed E-state index contributed by atoms with van der Waals surface area (Å²) in [5, 5.41) is 7.36. The van der Waals surface area contributed by atoms with Gasteiger partial charge in [0.25, 0.3) is 0 Å². The summed E-state index contributed by atoms with van der Waals surface area (Å²) >= 11 is 6.09. The van der Waals surface area contributed by atoms with Crippen molar-refractivity contribution >= 4 is 17.3 Å². The highest BCUT2D eigenvalue weighted by Crippen LogP contribution is 2.30. The first kappa shape index (κ1) is 9.09. The number of rotatable bonds is 1. The molecule has 2 aromatic rings. The second kappa shape index (κ2) is 3.35. The molecule has 0 atom stereocenters. The molecule has 3 N–H and O–H groups in total. The van der Waals surface area contributed by atoms with Crippen molar-refractivity contribution < 1.29 is 0 Å². The van der Waals surface area contributed by atoms with Gasteiger partial charge in [-0.25, -0.2) is 0 Å². The zero-order chi connectivity index (χ0) is 10.1. The van der Waals surface area contributed by atoms with E-state index in [9.17, 15) is 0 Å². The summed E-state index contributed by atoms with van der Waals surface area (Å²) in [5.74, 6) is 0. The average molecular weight is 208 g/mol. The quantitative estimate of drug-likeness (QED) is 0.755. The minimum atomic E-state index is 0.607. The van der Waals surface area contributed by atoms with Crippen LogP contribution >= 0.6 is 11.6 Å². The van der Waals surface area contributed by atoms with Crippen molar-refractivity contribution in [1.82, 2.24) is 10.2 Å². The number of benzene rings is 1. The first-order chi connectivity index (χ1) is 6.68. The Balaban J connectivity index is 2.58. The van der Waals surface area contributed by atoms with E-state index in [0.717, 1.165) is 16.8 Å². The number of aromatic amines is 1. The Morgan fingerprint density at radius 3 is 2.79 bits per heavy atom. The van der Waals surface area contributed by atoms with Crippen molar-refractivity contribution in [2.45, 2.75) is 6.92 Å². The Bertz CT molecular complexity index is 462. The standard InChI is InChI=1S/C10H10ClN3/c1-6-2-3-7(8(11)4-6)10-9(12)5-13-14-10/h2-5H,12H2,1H3,(H,13,14). The highest BCUT2D eigenvalue weighted by Gasteiger charge is 2.08. The number of hydrogen-bond acceptors (Lipinski definition) is 2. The Hall–Kier alpha value is -1.48. The molecule has 0 radical (unpaired) electrons. The maximum absolute atomic E-state index is 6.09. The molecule has 0 aliphatic rings. The predicted octanol–water partition coefficient (Wildman–Crippen LogP) is 2.62. The van der Waals surface area contributed by atoms with E-state index in [2.05, 4.69) is 10.2 Å². The number of nitrogens with zero attached hydrogens (tertiary/aromatic N) is 1. The third kappa shape index (κ3) is 1.46. The molecule has 0 fully saturated rings. The SMILES string of the molecule is Cc1ccc(-c2[nH]ncc2N)c(Cl)c1. The van der Waals surface area contributed by atoms with Crippen molar-refractivity contribution in [3.63, 3.8) is 0 Å². The fourth-order valence-electron chi connectivity index (χ4n) is 1.33. The monoisotopic (exact) mass is 207 g/mol. The highest BCUT2D eigenvalue weighted by atomic mass is 35.5. The second-order valence-corrected chi connectivity index (χ2v) is 3.59. The van der Waals surface area contributed by atoms with Crippen LogP contribution in [0.5, 0.6) is 0 Å². The largest absolute Gasteiger partial charge is 0.396 e. The summed E-state index contributed by atoms with van der Waals surface area (Å²) in [6, 6.07) is 5.82. The van der Waals surface area contributed by atoms with Crippen LogP contribution in [0, 0.1) is 6.92 Å². The van der Waals surface area contributed by atoms with E-state index in [-0.39, 0.29) is 0 Å². The van der Waals surface area contributed by atoms with Crippen LogP contribution in [0.4, 0.5) is 5.69 Å². The van der Waals surface area contributed by atoms with Crippen LogP contribution in [0.2, 0.25) is 5.02 Å². The van der Waals surface area contributed by atoms with Gasteiger partial charge in [0.05, 0.1) is 22.6 Å². The molecule has 2 rings (SSSR count). The first-order valence-electron chi connectivity index (χ1n) is 4.24. The molecule has 0 saturated carbocycles. The van der Waals surface area contributed by atoms with E-state index >= 15 is 0 Å². The molecule has 0 spiro atoms. The summed E-state index contributed by atoms with van der Waals surface area (Å²) in [5.41, 5.74) is 9.11. The molecule has 0 unspecified atom stereocenters. The number of aryl methyl sites for hydroxylation is 1. The molecule has 1 aromatic carbocycles. The van der Waals surface area contributed by atoms with Crippen molar-refractivity contribution in [3.05, 3.63) is 35.0 Å². The molecular formula is C10H10ClN3. The van der Waals surface area contributed by atoms with E-state index < -0.39 is 0 Å². The molecule has 0 saturated heterocycles. The molecule has 3 nitrogen and oxygen atoms in total. The van der Waals surface area contributed by atoms with Crippen molar-refractivity contribution in [2.75, 3.05) is 5.73 Å². The summed E-state index contributed by atoms with van der Waals surface area (Å²) in [4.78, 5) is 0. The smallest absolute Gasteiger partial charge is 0.0894 e. The minimum Gasteiger partial charge on any atom is -0.396 e. The summed E-state index contributed by atoms with van der Waals surface area (Å²) < 4.78 is 0. The lowest BCUT2D eigenvalue weighted by molar-refractivity contribution is 1.09. The number of aromatic nitrogens is 2. The van der Waals surface area contributed by atoms with Crippen LogP contribution in [0.25, 0.3) is 11.3 Å². The predicted molar refractivity (Wildman–Crippen MR) is 58.2 cm³/mol. The van der Waals surface area contributed by atoms with Gasteiger partial charge in [0.1, 0.15) is 0 Å². The third-order valence-electron chi connectivity index (χ3n) is 2.06. The van der Waals surface area contributed by atoms with Gasteiger partial charge < -0.3 is 5.73 Å². The van der Waals surface area contributed by atoms with Crippen molar-refractivity contribution in [2.24, 2.45) is 0 Å². The molecule has 0 bridgehead atoms. The van der Waals surface area contributed by atoms with Crippen LogP contribution in [0.1, 0.15) is 5.56 Å². The maximum atomic E-state index is 6.09. The van der Waals surface area contributed by atoms with Gasteiger partial charge in [-0.2, -0.15) is 5.10 Å². The normalized spacial score (nSPS) is 10.4. The van der Waals surface area contributed by atoms with E-state index in [1.165, 1.54) is 0 Å². The lowest BCUT2D eigenvalue weighted by Gasteiger charge is -2.03. The van der Waals surface area contributed by atoms with Gasteiger partial charge in [-0.1, -0.05) is 23.7 Å². The Morgan fingerprint density at radius 2 is 2.21 bits per heavy atom. The molecule has 0 aliphatic carbocycles. The number of hydrogen-bond donors (Lipinski definition) is 2. The van der Waals surface area contributed by atoms with E-state index in [0.29, 0.717) is 10.7 Å². The van der Waals surface area contributed by atoms with Crippen molar-refractivity contribution in [3.8, 4) is 11.3 Å². The number of anilines is 1. The molecule has 4 heteroatoms. The van der Waals surface area contributed by atoms with E-state index in [4.69, 9.17) is 17.3 Å². The number of nitrogen functional groups attached to an aromatic ring is 1. The third-order valence-corrected chi connectivity index (χ3v) is 2.38. The molecule has 14 heavy (non-hydrogen) atoms. The zero-order valence-electron chi connectivity index (χ0n) is 7.71. The van der Waals surface area contributed by atoms with Crippen LogP contribution in [0.3, 0.4) is 0 Å². The molecule has 0 aliphatic heterocycles. The summed E-state index contributed by atoms with van der Waals surface area (Å²) in [6.45, 7) is 1.99. The zero-order valence-corrected chi connectivity index (χ0v) is 8.47. The van der Waals surface area contributed by atoms with Gasteiger partial charge in [-0.15, -0.1) is 0 Å². The number of nitrogens with two attached hydrogens (primary N) is 1. The van der Waals surface area contributed by atoms with Crippen LogP contribution < -0.4 is 5.73 Å². The van der Waals surface area contributed by atoms with Crippen LogP contribution in [-0.4, -0.2) is 10.2 Å². The molecule has 72 valence electrons. The Morgan fingerprint density at radius 1 is 1.43 bits per heavy atom. The lowest BCUT2D eigenvalue weighted by atomic mass is 10.1. The number of nitrogens with one attached hydrogen (secondary N) is 1. The second-order valence-electron chi connectivity index (χ2n) is 3.18. The fourth-order valence-corrected chi connectivity index (χ4v) is 1.66. The Labute approximate surface area is 86.9 Å².